The molecule has 0 aliphatic carbocycles. The van der Waals surface area contributed by atoms with E-state index in [0.717, 1.165) is 6.42 Å². The van der Waals surface area contributed by atoms with Crippen LogP contribution >= 0.6 is 0 Å². The molecular formula is C27H52N2O4. The SMILES string of the molecule is CCCC(C)(C)CC(C)CNC(=O)C(C)(C)CCOC(C)(C)CNC(=O)CCC(=O)C(C)C. The van der Waals surface area contributed by atoms with E-state index in [1.54, 1.807) is 0 Å². The number of nitrogens with one attached hydrogen (secondary N) is 2. The lowest BCUT2D eigenvalue weighted by Gasteiger charge is -2.30. The van der Waals surface area contributed by atoms with Gasteiger partial charge in [0.25, 0.3) is 0 Å². The van der Waals surface area contributed by atoms with Gasteiger partial charge in [0.05, 0.1) is 5.60 Å². The van der Waals surface area contributed by atoms with Crippen molar-refractivity contribution in [3.63, 3.8) is 0 Å². The van der Waals surface area contributed by atoms with Crippen molar-refractivity contribution in [3.8, 4) is 0 Å². The number of carbonyl (C=O) groups is 3. The van der Waals surface area contributed by atoms with Crippen molar-refractivity contribution in [2.24, 2.45) is 22.7 Å². The molecule has 6 nitrogen and oxygen atoms in total. The minimum absolute atomic E-state index is 0.0470. The molecule has 1 unspecified atom stereocenters. The molecule has 0 radical (unpaired) electrons. The van der Waals surface area contributed by atoms with Crippen molar-refractivity contribution in [1.29, 1.82) is 0 Å². The van der Waals surface area contributed by atoms with Crippen LogP contribution in [-0.4, -0.2) is 42.9 Å². The van der Waals surface area contributed by atoms with Gasteiger partial charge in [0.1, 0.15) is 5.78 Å². The van der Waals surface area contributed by atoms with E-state index in [2.05, 4.69) is 38.3 Å². The number of ketones is 1. The smallest absolute Gasteiger partial charge is 0.225 e. The van der Waals surface area contributed by atoms with E-state index in [1.807, 2.05) is 41.5 Å². The van der Waals surface area contributed by atoms with Crippen molar-refractivity contribution in [2.45, 2.75) is 113 Å². The van der Waals surface area contributed by atoms with Gasteiger partial charge in [-0.05, 0) is 44.4 Å². The lowest BCUT2D eigenvalue weighted by molar-refractivity contribution is -0.131. The normalized spacial score (nSPS) is 13.7. The van der Waals surface area contributed by atoms with Crippen molar-refractivity contribution < 1.29 is 19.1 Å². The third-order valence-corrected chi connectivity index (χ3v) is 6.23. The monoisotopic (exact) mass is 468 g/mol. The second kappa shape index (κ2) is 14.1. The second-order valence-corrected chi connectivity index (χ2v) is 12.1. The Kier molecular flexibility index (Phi) is 13.5. The zero-order valence-electron chi connectivity index (χ0n) is 23.2. The molecule has 0 aromatic carbocycles. The summed E-state index contributed by atoms with van der Waals surface area (Å²) in [6.45, 7) is 21.9. The van der Waals surface area contributed by atoms with Crippen LogP contribution in [0, 0.1) is 22.7 Å². The van der Waals surface area contributed by atoms with E-state index in [0.29, 0.717) is 37.5 Å². The number of carbonyl (C=O) groups excluding carboxylic acids is 3. The summed E-state index contributed by atoms with van der Waals surface area (Å²) in [7, 11) is 0. The van der Waals surface area contributed by atoms with E-state index < -0.39 is 11.0 Å². The first kappa shape index (κ1) is 31.6. The maximum atomic E-state index is 12.8. The van der Waals surface area contributed by atoms with Crippen LogP contribution in [0.1, 0.15) is 108 Å². The largest absolute Gasteiger partial charge is 0.374 e. The molecule has 0 rings (SSSR count). The average Bonchev–Trinajstić information content (AvgIpc) is 2.67. The maximum Gasteiger partial charge on any atom is 0.225 e. The van der Waals surface area contributed by atoms with Gasteiger partial charge in [-0.15, -0.1) is 0 Å². The number of rotatable bonds is 17. The molecule has 194 valence electrons. The second-order valence-electron chi connectivity index (χ2n) is 12.1. The standard InChI is InChI=1S/C27H52N2O4/c1-11-14-25(5,6)17-21(4)18-28-24(32)26(7,8)15-16-33-27(9,10)19-29-23(31)13-12-22(30)20(2)3/h20-21H,11-19H2,1-10H3,(H,28,32)(H,29,31). The van der Waals surface area contributed by atoms with Gasteiger partial charge >= 0.3 is 0 Å². The number of Topliss-reactive ketones (excluding diaryl/α,β-unsaturated/α-hetero) is 1. The van der Waals surface area contributed by atoms with Crippen molar-refractivity contribution in [3.05, 3.63) is 0 Å². The highest BCUT2D eigenvalue weighted by Crippen LogP contribution is 2.30. The molecule has 2 N–H and O–H groups in total. The van der Waals surface area contributed by atoms with Crippen LogP contribution in [0.2, 0.25) is 0 Å². The van der Waals surface area contributed by atoms with Crippen LogP contribution < -0.4 is 10.6 Å². The van der Waals surface area contributed by atoms with Crippen LogP contribution in [0.15, 0.2) is 0 Å². The number of ether oxygens (including phenoxy) is 1. The molecule has 0 heterocycles. The van der Waals surface area contributed by atoms with E-state index in [-0.39, 0.29) is 36.4 Å². The van der Waals surface area contributed by atoms with E-state index in [1.165, 1.54) is 12.8 Å². The summed E-state index contributed by atoms with van der Waals surface area (Å²) in [6.07, 6.45) is 4.53. The molecule has 2 amide bonds. The Morgan fingerprint density at radius 3 is 2.03 bits per heavy atom. The number of hydrogen-bond donors (Lipinski definition) is 2. The third-order valence-electron chi connectivity index (χ3n) is 6.23. The van der Waals surface area contributed by atoms with Crippen LogP contribution in [0.25, 0.3) is 0 Å². The molecule has 0 bridgehead atoms. The van der Waals surface area contributed by atoms with Gasteiger partial charge < -0.3 is 15.4 Å². The van der Waals surface area contributed by atoms with Gasteiger partial charge in [0.2, 0.25) is 11.8 Å². The molecule has 1 atom stereocenters. The van der Waals surface area contributed by atoms with E-state index >= 15 is 0 Å². The molecule has 33 heavy (non-hydrogen) atoms. The Morgan fingerprint density at radius 2 is 1.48 bits per heavy atom. The molecule has 0 aromatic rings. The predicted molar refractivity (Wildman–Crippen MR) is 136 cm³/mol. The zero-order chi connectivity index (χ0) is 25.9. The molecule has 0 spiro atoms. The van der Waals surface area contributed by atoms with Crippen LogP contribution in [0.3, 0.4) is 0 Å². The van der Waals surface area contributed by atoms with Gasteiger partial charge in [0, 0.05) is 43.9 Å². The first-order valence-electron chi connectivity index (χ1n) is 12.7. The summed E-state index contributed by atoms with van der Waals surface area (Å²) in [6, 6.07) is 0. The summed E-state index contributed by atoms with van der Waals surface area (Å²) in [4.78, 5) is 36.4. The fraction of sp³-hybridized carbons (Fsp3) is 0.889. The Balaban J connectivity index is 4.37. The fourth-order valence-electron chi connectivity index (χ4n) is 3.97. The van der Waals surface area contributed by atoms with Gasteiger partial charge in [-0.3, -0.25) is 14.4 Å². The van der Waals surface area contributed by atoms with Crippen molar-refractivity contribution >= 4 is 17.6 Å². The third kappa shape index (κ3) is 14.4. The molecule has 0 saturated heterocycles. The first-order valence-corrected chi connectivity index (χ1v) is 12.7. The highest BCUT2D eigenvalue weighted by Gasteiger charge is 2.29. The summed E-state index contributed by atoms with van der Waals surface area (Å²) in [5, 5.41) is 5.98. The molecule has 0 aliphatic rings. The predicted octanol–water partition coefficient (Wildman–Crippen LogP) is 5.29. The van der Waals surface area contributed by atoms with E-state index in [9.17, 15) is 14.4 Å². The van der Waals surface area contributed by atoms with Crippen molar-refractivity contribution in [1.82, 2.24) is 10.6 Å². The summed E-state index contributed by atoms with van der Waals surface area (Å²) in [5.41, 5.74) is -0.786. The Hall–Kier alpha value is -1.43. The quantitative estimate of drug-likeness (QED) is 0.304. The number of hydrogen-bond acceptors (Lipinski definition) is 4. The minimum atomic E-state index is -0.552. The lowest BCUT2D eigenvalue weighted by Crippen LogP contribution is -2.43. The first-order chi connectivity index (χ1) is 15.0. The van der Waals surface area contributed by atoms with Gasteiger partial charge in [-0.2, -0.15) is 0 Å². The topological polar surface area (TPSA) is 84.5 Å². The molecular weight excluding hydrogens is 416 g/mol. The van der Waals surface area contributed by atoms with Crippen LogP contribution in [0.4, 0.5) is 0 Å². The maximum absolute atomic E-state index is 12.8. The molecule has 0 fully saturated rings. The van der Waals surface area contributed by atoms with Gasteiger partial charge in [-0.1, -0.05) is 61.8 Å². The van der Waals surface area contributed by atoms with Crippen LogP contribution in [-0.2, 0) is 19.1 Å². The Morgan fingerprint density at radius 1 is 0.879 bits per heavy atom. The van der Waals surface area contributed by atoms with Crippen molar-refractivity contribution in [2.75, 3.05) is 19.7 Å². The fourth-order valence-corrected chi connectivity index (χ4v) is 3.97. The Bertz CT molecular complexity index is 624. The molecule has 6 heteroatoms. The summed E-state index contributed by atoms with van der Waals surface area (Å²) >= 11 is 0. The highest BCUT2D eigenvalue weighted by molar-refractivity contribution is 5.86. The summed E-state index contributed by atoms with van der Waals surface area (Å²) < 4.78 is 5.99. The minimum Gasteiger partial charge on any atom is -0.374 e. The van der Waals surface area contributed by atoms with Gasteiger partial charge in [-0.25, -0.2) is 0 Å². The number of amides is 2. The van der Waals surface area contributed by atoms with Crippen LogP contribution in [0.5, 0.6) is 0 Å². The molecule has 0 aromatic heterocycles. The average molecular weight is 469 g/mol. The zero-order valence-corrected chi connectivity index (χ0v) is 23.2. The lowest BCUT2D eigenvalue weighted by atomic mass is 9.79. The molecule has 0 aliphatic heterocycles. The Labute approximate surface area is 203 Å². The highest BCUT2D eigenvalue weighted by atomic mass is 16.5. The van der Waals surface area contributed by atoms with E-state index in [4.69, 9.17) is 4.74 Å². The molecule has 0 saturated carbocycles. The summed E-state index contributed by atoms with van der Waals surface area (Å²) in [5.74, 6) is 0.388. The van der Waals surface area contributed by atoms with Gasteiger partial charge in [0.15, 0.2) is 0 Å².